The van der Waals surface area contributed by atoms with Crippen LogP contribution >= 0.6 is 0 Å². The van der Waals surface area contributed by atoms with Crippen molar-refractivity contribution in [1.29, 1.82) is 0 Å². The van der Waals surface area contributed by atoms with E-state index in [0.29, 0.717) is 18.9 Å². The summed E-state index contributed by atoms with van der Waals surface area (Å²) in [4.78, 5) is 11.9. The number of aliphatic hydroxyl groups is 1. The summed E-state index contributed by atoms with van der Waals surface area (Å²) in [7, 11) is 0. The number of rotatable bonds is 4. The number of nitrogens with one attached hydrogen (secondary N) is 1. The molecule has 0 saturated heterocycles. The summed E-state index contributed by atoms with van der Waals surface area (Å²) < 4.78 is 0. The highest BCUT2D eigenvalue weighted by molar-refractivity contribution is 5.79. The Bertz CT molecular complexity index is 257. The van der Waals surface area contributed by atoms with Crippen LogP contribution < -0.4 is 5.32 Å². The van der Waals surface area contributed by atoms with Gasteiger partial charge in [-0.25, -0.2) is 0 Å². The predicted octanol–water partition coefficient (Wildman–Crippen LogP) is 2.34. The van der Waals surface area contributed by atoms with Crippen molar-refractivity contribution in [2.24, 2.45) is 17.3 Å². The molecule has 0 radical (unpaired) electrons. The van der Waals surface area contributed by atoms with Crippen LogP contribution in [-0.4, -0.2) is 23.7 Å². The highest BCUT2D eigenvalue weighted by atomic mass is 16.3. The number of carbonyl (C=O) groups excluding carboxylic acids is 1. The van der Waals surface area contributed by atoms with Crippen LogP contribution in [0.3, 0.4) is 0 Å². The standard InChI is InChI=1S/C14H27NO2/c1-10-6-5-7-12(10)13(17)15-9-11(16)8-14(2,3)4/h10-12,16H,5-9H2,1-4H3,(H,15,17). The van der Waals surface area contributed by atoms with Gasteiger partial charge in [0.2, 0.25) is 5.91 Å². The van der Waals surface area contributed by atoms with Crippen LogP contribution in [0, 0.1) is 17.3 Å². The number of aliphatic hydroxyl groups excluding tert-OH is 1. The van der Waals surface area contributed by atoms with Gasteiger partial charge in [-0.1, -0.05) is 34.1 Å². The van der Waals surface area contributed by atoms with E-state index in [1.54, 1.807) is 0 Å². The second-order valence-corrected chi connectivity index (χ2v) is 6.68. The summed E-state index contributed by atoms with van der Waals surface area (Å²) in [5.41, 5.74) is 0.102. The average Bonchev–Trinajstić information content (AvgIpc) is 2.58. The molecule has 3 nitrogen and oxygen atoms in total. The first kappa shape index (κ1) is 14.5. The molecule has 1 fully saturated rings. The molecule has 0 aromatic heterocycles. The van der Waals surface area contributed by atoms with Crippen LogP contribution in [0.1, 0.15) is 53.4 Å². The molecule has 2 N–H and O–H groups in total. The molecule has 3 heteroatoms. The molecule has 3 unspecified atom stereocenters. The Labute approximate surface area is 105 Å². The van der Waals surface area contributed by atoms with E-state index < -0.39 is 6.10 Å². The Morgan fingerprint density at radius 2 is 2.06 bits per heavy atom. The SMILES string of the molecule is CC1CCCC1C(=O)NCC(O)CC(C)(C)C. The van der Waals surface area contributed by atoms with Gasteiger partial charge in [0.1, 0.15) is 0 Å². The molecule has 0 aliphatic heterocycles. The monoisotopic (exact) mass is 241 g/mol. The normalized spacial score (nSPS) is 26.9. The Balaban J connectivity index is 2.28. The van der Waals surface area contributed by atoms with Gasteiger partial charge in [-0.3, -0.25) is 4.79 Å². The molecular formula is C14H27NO2. The Morgan fingerprint density at radius 3 is 2.53 bits per heavy atom. The molecule has 0 aromatic rings. The second kappa shape index (κ2) is 5.85. The van der Waals surface area contributed by atoms with E-state index in [4.69, 9.17) is 0 Å². The van der Waals surface area contributed by atoms with Crippen LogP contribution in [0.4, 0.5) is 0 Å². The van der Waals surface area contributed by atoms with E-state index in [2.05, 4.69) is 33.0 Å². The molecule has 1 amide bonds. The zero-order valence-corrected chi connectivity index (χ0v) is 11.6. The van der Waals surface area contributed by atoms with E-state index in [1.165, 1.54) is 0 Å². The van der Waals surface area contributed by atoms with Gasteiger partial charge in [-0.15, -0.1) is 0 Å². The highest BCUT2D eigenvalue weighted by Crippen LogP contribution is 2.31. The quantitative estimate of drug-likeness (QED) is 0.793. The van der Waals surface area contributed by atoms with Gasteiger partial charge in [0.05, 0.1) is 6.10 Å². The van der Waals surface area contributed by atoms with Gasteiger partial charge in [-0.2, -0.15) is 0 Å². The third-order valence-electron chi connectivity index (χ3n) is 3.56. The van der Waals surface area contributed by atoms with E-state index in [9.17, 15) is 9.90 Å². The van der Waals surface area contributed by atoms with Gasteiger partial charge < -0.3 is 10.4 Å². The van der Waals surface area contributed by atoms with Crippen molar-refractivity contribution in [3.05, 3.63) is 0 Å². The van der Waals surface area contributed by atoms with E-state index in [0.717, 1.165) is 19.3 Å². The lowest BCUT2D eigenvalue weighted by Gasteiger charge is -2.23. The summed E-state index contributed by atoms with van der Waals surface area (Å²) in [6, 6.07) is 0. The van der Waals surface area contributed by atoms with E-state index >= 15 is 0 Å². The largest absolute Gasteiger partial charge is 0.391 e. The molecule has 1 rings (SSSR count). The lowest BCUT2D eigenvalue weighted by atomic mass is 9.89. The number of hydrogen-bond donors (Lipinski definition) is 2. The van der Waals surface area contributed by atoms with Gasteiger partial charge in [-0.05, 0) is 30.6 Å². The first-order chi connectivity index (χ1) is 7.79. The molecule has 1 aliphatic carbocycles. The van der Waals surface area contributed by atoms with Gasteiger partial charge in [0, 0.05) is 12.5 Å². The molecule has 1 saturated carbocycles. The maximum atomic E-state index is 11.9. The minimum atomic E-state index is -0.435. The van der Waals surface area contributed by atoms with Crippen LogP contribution in [0.15, 0.2) is 0 Å². The molecule has 100 valence electrons. The number of hydrogen-bond acceptors (Lipinski definition) is 2. The van der Waals surface area contributed by atoms with Crippen LogP contribution in [0.5, 0.6) is 0 Å². The van der Waals surface area contributed by atoms with E-state index in [1.807, 2.05) is 0 Å². The molecule has 0 heterocycles. The van der Waals surface area contributed by atoms with Crippen molar-refractivity contribution >= 4 is 5.91 Å². The maximum Gasteiger partial charge on any atom is 0.223 e. The maximum absolute atomic E-state index is 11.9. The Kier molecular flexibility index (Phi) is 4.99. The topological polar surface area (TPSA) is 49.3 Å². The minimum Gasteiger partial charge on any atom is -0.391 e. The predicted molar refractivity (Wildman–Crippen MR) is 69.6 cm³/mol. The number of carbonyl (C=O) groups is 1. The second-order valence-electron chi connectivity index (χ2n) is 6.68. The van der Waals surface area contributed by atoms with Crippen molar-refractivity contribution in [2.45, 2.75) is 59.5 Å². The molecule has 0 bridgehead atoms. The van der Waals surface area contributed by atoms with Crippen molar-refractivity contribution in [1.82, 2.24) is 5.32 Å². The Morgan fingerprint density at radius 1 is 1.41 bits per heavy atom. The van der Waals surface area contributed by atoms with Gasteiger partial charge in [0.25, 0.3) is 0 Å². The lowest BCUT2D eigenvalue weighted by molar-refractivity contribution is -0.126. The summed E-state index contributed by atoms with van der Waals surface area (Å²) in [6.07, 6.45) is 3.60. The first-order valence-electron chi connectivity index (χ1n) is 6.75. The van der Waals surface area contributed by atoms with Crippen LogP contribution in [-0.2, 0) is 4.79 Å². The van der Waals surface area contributed by atoms with E-state index in [-0.39, 0.29) is 17.2 Å². The first-order valence-corrected chi connectivity index (χ1v) is 6.75. The molecular weight excluding hydrogens is 214 g/mol. The summed E-state index contributed by atoms with van der Waals surface area (Å²) in [5.74, 6) is 0.787. The van der Waals surface area contributed by atoms with Crippen molar-refractivity contribution in [3.8, 4) is 0 Å². The summed E-state index contributed by atoms with van der Waals surface area (Å²) in [6.45, 7) is 8.81. The molecule has 3 atom stereocenters. The van der Waals surface area contributed by atoms with Crippen molar-refractivity contribution in [2.75, 3.05) is 6.54 Å². The smallest absolute Gasteiger partial charge is 0.223 e. The highest BCUT2D eigenvalue weighted by Gasteiger charge is 2.29. The van der Waals surface area contributed by atoms with Gasteiger partial charge in [0.15, 0.2) is 0 Å². The molecule has 1 aliphatic rings. The Hall–Kier alpha value is -0.570. The fourth-order valence-corrected chi connectivity index (χ4v) is 2.66. The summed E-state index contributed by atoms with van der Waals surface area (Å²) in [5, 5.41) is 12.7. The number of amides is 1. The fraction of sp³-hybridized carbons (Fsp3) is 0.929. The average molecular weight is 241 g/mol. The lowest BCUT2D eigenvalue weighted by Crippen LogP contribution is -2.38. The van der Waals surface area contributed by atoms with Crippen LogP contribution in [0.2, 0.25) is 0 Å². The fourth-order valence-electron chi connectivity index (χ4n) is 2.66. The van der Waals surface area contributed by atoms with Gasteiger partial charge >= 0.3 is 0 Å². The zero-order valence-electron chi connectivity index (χ0n) is 11.6. The zero-order chi connectivity index (χ0) is 13.1. The molecule has 17 heavy (non-hydrogen) atoms. The van der Waals surface area contributed by atoms with Crippen molar-refractivity contribution < 1.29 is 9.90 Å². The summed E-state index contributed by atoms with van der Waals surface area (Å²) >= 11 is 0. The third-order valence-corrected chi connectivity index (χ3v) is 3.56. The van der Waals surface area contributed by atoms with Crippen molar-refractivity contribution in [3.63, 3.8) is 0 Å². The molecule has 0 spiro atoms. The van der Waals surface area contributed by atoms with Crippen LogP contribution in [0.25, 0.3) is 0 Å². The third kappa shape index (κ3) is 5.07. The minimum absolute atomic E-state index is 0.102. The molecule has 0 aromatic carbocycles.